The largest absolute Gasteiger partial charge is 0.303 e. The van der Waals surface area contributed by atoms with Crippen LogP contribution in [-0.4, -0.2) is 21.4 Å². The molecule has 106 valence electrons. The first-order valence-corrected chi connectivity index (χ1v) is 7.33. The van der Waals surface area contributed by atoms with Gasteiger partial charge in [-0.25, -0.2) is 0 Å². The molecule has 1 aliphatic carbocycles. The van der Waals surface area contributed by atoms with Gasteiger partial charge in [0.1, 0.15) is 0 Å². The van der Waals surface area contributed by atoms with Crippen molar-refractivity contribution in [2.75, 3.05) is 0 Å². The fourth-order valence-electron chi connectivity index (χ4n) is 2.17. The SMILES string of the molecule is O=C1CCCC=C1N(Cc1ccccc1)C(=O)C(Cl)Cl. The van der Waals surface area contributed by atoms with Gasteiger partial charge in [0.15, 0.2) is 10.6 Å². The van der Waals surface area contributed by atoms with Crippen LogP contribution in [0.5, 0.6) is 0 Å². The molecule has 1 aromatic rings. The molecule has 20 heavy (non-hydrogen) atoms. The van der Waals surface area contributed by atoms with Gasteiger partial charge in [0, 0.05) is 6.42 Å². The van der Waals surface area contributed by atoms with Gasteiger partial charge in [-0.1, -0.05) is 59.6 Å². The minimum atomic E-state index is -1.17. The molecule has 0 saturated heterocycles. The molecule has 0 radical (unpaired) electrons. The summed E-state index contributed by atoms with van der Waals surface area (Å²) in [6, 6.07) is 9.45. The van der Waals surface area contributed by atoms with E-state index in [2.05, 4.69) is 0 Å². The molecular formula is C15H15Cl2NO2. The molecule has 0 spiro atoms. The van der Waals surface area contributed by atoms with Gasteiger partial charge in [0.05, 0.1) is 12.2 Å². The Balaban J connectivity index is 2.27. The number of carbonyl (C=O) groups is 2. The van der Waals surface area contributed by atoms with Gasteiger partial charge in [0.25, 0.3) is 5.91 Å². The fraction of sp³-hybridized carbons (Fsp3) is 0.333. The highest BCUT2D eigenvalue weighted by molar-refractivity contribution is 6.53. The first-order chi connectivity index (χ1) is 9.59. The number of alkyl halides is 2. The smallest absolute Gasteiger partial charge is 0.260 e. The predicted molar refractivity (Wildman–Crippen MR) is 79.4 cm³/mol. The number of nitrogens with zero attached hydrogens (tertiary/aromatic N) is 1. The van der Waals surface area contributed by atoms with Crippen molar-refractivity contribution in [1.82, 2.24) is 4.90 Å². The van der Waals surface area contributed by atoms with Crippen LogP contribution >= 0.6 is 23.2 Å². The Hall–Kier alpha value is -1.32. The predicted octanol–water partition coefficient (Wildman–Crippen LogP) is 3.46. The number of allylic oxidation sites excluding steroid dienone is 2. The zero-order valence-electron chi connectivity index (χ0n) is 10.9. The molecular weight excluding hydrogens is 297 g/mol. The monoisotopic (exact) mass is 311 g/mol. The van der Waals surface area contributed by atoms with Gasteiger partial charge in [0.2, 0.25) is 0 Å². The Bertz CT molecular complexity index is 526. The number of rotatable bonds is 4. The van der Waals surface area contributed by atoms with E-state index in [-0.39, 0.29) is 5.78 Å². The molecule has 0 bridgehead atoms. The minimum absolute atomic E-state index is 0.0329. The third-order valence-electron chi connectivity index (χ3n) is 3.16. The second-order valence-electron chi connectivity index (χ2n) is 4.62. The highest BCUT2D eigenvalue weighted by atomic mass is 35.5. The first-order valence-electron chi connectivity index (χ1n) is 6.46. The summed E-state index contributed by atoms with van der Waals surface area (Å²) in [7, 11) is 0. The zero-order valence-corrected chi connectivity index (χ0v) is 12.4. The van der Waals surface area contributed by atoms with Crippen molar-refractivity contribution in [1.29, 1.82) is 0 Å². The second-order valence-corrected chi connectivity index (χ2v) is 5.71. The van der Waals surface area contributed by atoms with Crippen molar-refractivity contribution < 1.29 is 9.59 Å². The molecule has 1 aliphatic rings. The molecule has 5 heteroatoms. The van der Waals surface area contributed by atoms with Crippen LogP contribution in [0.3, 0.4) is 0 Å². The van der Waals surface area contributed by atoms with Crippen molar-refractivity contribution in [3.05, 3.63) is 47.7 Å². The van der Waals surface area contributed by atoms with E-state index in [4.69, 9.17) is 23.2 Å². The Morgan fingerprint density at radius 3 is 2.55 bits per heavy atom. The number of benzene rings is 1. The number of carbonyl (C=O) groups excluding carboxylic acids is 2. The molecule has 1 aromatic carbocycles. The zero-order chi connectivity index (χ0) is 14.5. The summed E-state index contributed by atoms with van der Waals surface area (Å²) in [5.41, 5.74) is 1.34. The maximum absolute atomic E-state index is 12.2. The van der Waals surface area contributed by atoms with Crippen LogP contribution in [0.2, 0.25) is 0 Å². The van der Waals surface area contributed by atoms with Crippen LogP contribution in [0, 0.1) is 0 Å². The Morgan fingerprint density at radius 2 is 1.95 bits per heavy atom. The fourth-order valence-corrected chi connectivity index (χ4v) is 2.41. The molecule has 0 saturated carbocycles. The van der Waals surface area contributed by atoms with Gasteiger partial charge >= 0.3 is 0 Å². The van der Waals surface area contributed by atoms with Crippen molar-refractivity contribution in [3.63, 3.8) is 0 Å². The maximum Gasteiger partial charge on any atom is 0.260 e. The summed E-state index contributed by atoms with van der Waals surface area (Å²) < 4.78 is 0. The topological polar surface area (TPSA) is 37.4 Å². The molecule has 0 unspecified atom stereocenters. The average Bonchev–Trinajstić information content (AvgIpc) is 2.46. The van der Waals surface area contributed by atoms with Crippen LogP contribution in [0.25, 0.3) is 0 Å². The highest BCUT2D eigenvalue weighted by Crippen LogP contribution is 2.23. The third-order valence-corrected chi connectivity index (χ3v) is 3.53. The summed E-state index contributed by atoms with van der Waals surface area (Å²) in [5, 5.41) is 0. The van der Waals surface area contributed by atoms with E-state index in [0.29, 0.717) is 18.7 Å². The van der Waals surface area contributed by atoms with E-state index in [1.165, 1.54) is 4.90 Å². The van der Waals surface area contributed by atoms with E-state index >= 15 is 0 Å². The van der Waals surface area contributed by atoms with Crippen molar-refractivity contribution in [2.45, 2.75) is 30.6 Å². The van der Waals surface area contributed by atoms with Gasteiger partial charge in [-0.05, 0) is 18.4 Å². The normalized spacial score (nSPS) is 15.2. The Kier molecular flexibility index (Phi) is 5.21. The van der Waals surface area contributed by atoms with Crippen molar-refractivity contribution >= 4 is 34.9 Å². The lowest BCUT2D eigenvalue weighted by Gasteiger charge is -2.27. The summed E-state index contributed by atoms with van der Waals surface area (Å²) >= 11 is 11.4. The lowest BCUT2D eigenvalue weighted by atomic mass is 10.0. The van der Waals surface area contributed by atoms with E-state index in [9.17, 15) is 9.59 Å². The Labute approximate surface area is 128 Å². The number of halogens is 2. The lowest BCUT2D eigenvalue weighted by Crippen LogP contribution is -2.37. The van der Waals surface area contributed by atoms with Crippen molar-refractivity contribution in [2.24, 2.45) is 0 Å². The maximum atomic E-state index is 12.2. The standard InChI is InChI=1S/C15H15Cl2NO2/c16-14(17)15(20)18(10-11-6-2-1-3-7-11)12-8-4-5-9-13(12)19/h1-3,6-8,14H,4-5,9-10H2. The molecule has 0 heterocycles. The molecule has 2 rings (SSSR count). The number of amides is 1. The second kappa shape index (κ2) is 6.91. The molecule has 0 aromatic heterocycles. The first kappa shape index (κ1) is 15.1. The summed E-state index contributed by atoms with van der Waals surface area (Å²) in [6.45, 7) is 0.299. The summed E-state index contributed by atoms with van der Waals surface area (Å²) in [5.74, 6) is -0.492. The molecule has 0 fully saturated rings. The van der Waals surface area contributed by atoms with E-state index in [1.54, 1.807) is 6.08 Å². The van der Waals surface area contributed by atoms with Gasteiger partial charge in [-0.3, -0.25) is 9.59 Å². The third kappa shape index (κ3) is 3.62. The number of Topliss-reactive ketones (excluding diaryl/α,β-unsaturated/α-hetero) is 1. The average molecular weight is 312 g/mol. The molecule has 0 N–H and O–H groups in total. The molecule has 1 amide bonds. The van der Waals surface area contributed by atoms with Gasteiger partial charge < -0.3 is 4.90 Å². The summed E-state index contributed by atoms with van der Waals surface area (Å²) in [6.07, 6.45) is 3.86. The van der Waals surface area contributed by atoms with Gasteiger partial charge in [-0.15, -0.1) is 0 Å². The number of hydrogen-bond acceptors (Lipinski definition) is 2. The lowest BCUT2D eigenvalue weighted by molar-refractivity contribution is -0.131. The molecule has 3 nitrogen and oxygen atoms in total. The highest BCUT2D eigenvalue weighted by Gasteiger charge is 2.28. The van der Waals surface area contributed by atoms with E-state index in [0.717, 1.165) is 18.4 Å². The van der Waals surface area contributed by atoms with Crippen LogP contribution < -0.4 is 0 Å². The van der Waals surface area contributed by atoms with E-state index < -0.39 is 10.7 Å². The molecule has 0 atom stereocenters. The molecule has 0 aliphatic heterocycles. The van der Waals surface area contributed by atoms with Crippen LogP contribution in [0.15, 0.2) is 42.1 Å². The van der Waals surface area contributed by atoms with E-state index in [1.807, 2.05) is 30.3 Å². The van der Waals surface area contributed by atoms with Gasteiger partial charge in [-0.2, -0.15) is 0 Å². The number of ketones is 1. The summed E-state index contributed by atoms with van der Waals surface area (Å²) in [4.78, 5) is 24.4. The minimum Gasteiger partial charge on any atom is -0.303 e. The van der Waals surface area contributed by atoms with Crippen LogP contribution in [0.1, 0.15) is 24.8 Å². The van der Waals surface area contributed by atoms with Crippen LogP contribution in [-0.2, 0) is 16.1 Å². The Morgan fingerprint density at radius 1 is 1.25 bits per heavy atom. The number of hydrogen-bond donors (Lipinski definition) is 0. The van der Waals surface area contributed by atoms with Crippen molar-refractivity contribution in [3.8, 4) is 0 Å². The quantitative estimate of drug-likeness (QED) is 0.799. The van der Waals surface area contributed by atoms with Crippen LogP contribution in [0.4, 0.5) is 0 Å².